The Morgan fingerprint density at radius 3 is 2.81 bits per heavy atom. The van der Waals surface area contributed by atoms with Crippen LogP contribution in [0.4, 0.5) is 0 Å². The van der Waals surface area contributed by atoms with Gasteiger partial charge in [-0.1, -0.05) is 0 Å². The monoisotopic (exact) mass is 224 g/mol. The highest BCUT2D eigenvalue weighted by Gasteiger charge is 2.13. The zero-order valence-electron chi connectivity index (χ0n) is 10.0. The first-order chi connectivity index (χ1) is 7.79. The number of nitrogens with zero attached hydrogens (tertiary/aromatic N) is 2. The fourth-order valence-corrected chi connectivity index (χ4v) is 2.00. The number of nitrogens with one attached hydrogen (secondary N) is 2. The van der Waals surface area contributed by atoms with E-state index in [1.54, 1.807) is 7.11 Å². The van der Waals surface area contributed by atoms with E-state index in [1.807, 2.05) is 6.92 Å². The van der Waals surface area contributed by atoms with E-state index >= 15 is 0 Å². The zero-order chi connectivity index (χ0) is 11.4. The molecular formula is C11H20N4O. The van der Waals surface area contributed by atoms with Crippen LogP contribution in [0.2, 0.25) is 0 Å². The Morgan fingerprint density at radius 2 is 2.12 bits per heavy atom. The molecule has 0 amide bonds. The minimum Gasteiger partial charge on any atom is -0.378 e. The maximum atomic E-state index is 5.11. The number of aromatic amines is 1. The number of H-pyrrole nitrogens is 1. The van der Waals surface area contributed by atoms with Gasteiger partial charge in [-0.25, -0.2) is 4.98 Å². The lowest BCUT2D eigenvalue weighted by atomic mass is 10.3. The van der Waals surface area contributed by atoms with E-state index in [0.29, 0.717) is 6.61 Å². The molecule has 1 aliphatic heterocycles. The van der Waals surface area contributed by atoms with Crippen molar-refractivity contribution in [2.45, 2.75) is 20.1 Å². The van der Waals surface area contributed by atoms with Crippen molar-refractivity contribution < 1.29 is 4.74 Å². The quantitative estimate of drug-likeness (QED) is 0.771. The summed E-state index contributed by atoms with van der Waals surface area (Å²) in [7, 11) is 1.70. The van der Waals surface area contributed by atoms with Crippen LogP contribution < -0.4 is 5.32 Å². The third kappa shape index (κ3) is 2.81. The molecule has 2 N–H and O–H groups in total. The van der Waals surface area contributed by atoms with Gasteiger partial charge in [-0.05, 0) is 6.92 Å². The number of hydrogen-bond acceptors (Lipinski definition) is 4. The van der Waals surface area contributed by atoms with Crippen LogP contribution in [0.15, 0.2) is 0 Å². The van der Waals surface area contributed by atoms with Crippen molar-refractivity contribution in [2.75, 3.05) is 33.3 Å². The van der Waals surface area contributed by atoms with Crippen LogP contribution in [0.25, 0.3) is 0 Å². The van der Waals surface area contributed by atoms with Gasteiger partial charge in [0.25, 0.3) is 0 Å². The summed E-state index contributed by atoms with van der Waals surface area (Å²) in [4.78, 5) is 10.3. The molecule has 0 aromatic carbocycles. The third-order valence-corrected chi connectivity index (χ3v) is 2.90. The fraction of sp³-hybridized carbons (Fsp3) is 0.727. The van der Waals surface area contributed by atoms with Crippen molar-refractivity contribution in [2.24, 2.45) is 0 Å². The average Bonchev–Trinajstić information content (AvgIpc) is 2.61. The van der Waals surface area contributed by atoms with E-state index in [4.69, 9.17) is 4.74 Å². The second-order valence-electron chi connectivity index (χ2n) is 4.21. The number of aryl methyl sites for hydroxylation is 1. The van der Waals surface area contributed by atoms with Gasteiger partial charge in [-0.15, -0.1) is 0 Å². The van der Waals surface area contributed by atoms with E-state index in [9.17, 15) is 0 Å². The average molecular weight is 224 g/mol. The maximum Gasteiger partial charge on any atom is 0.120 e. The van der Waals surface area contributed by atoms with E-state index in [0.717, 1.165) is 49.9 Å². The number of rotatable bonds is 4. The maximum absolute atomic E-state index is 5.11. The highest BCUT2D eigenvalue weighted by atomic mass is 16.5. The van der Waals surface area contributed by atoms with Crippen LogP contribution in [0.1, 0.15) is 17.2 Å². The van der Waals surface area contributed by atoms with Gasteiger partial charge in [0.1, 0.15) is 5.82 Å². The second kappa shape index (κ2) is 5.43. The second-order valence-corrected chi connectivity index (χ2v) is 4.21. The molecule has 90 valence electrons. The molecule has 1 aromatic heterocycles. The molecule has 1 aliphatic rings. The van der Waals surface area contributed by atoms with Gasteiger partial charge in [0.2, 0.25) is 0 Å². The predicted molar refractivity (Wildman–Crippen MR) is 62.2 cm³/mol. The van der Waals surface area contributed by atoms with Crippen molar-refractivity contribution in [3.05, 3.63) is 17.2 Å². The number of aromatic nitrogens is 2. The molecule has 5 nitrogen and oxygen atoms in total. The molecule has 1 saturated heterocycles. The molecule has 0 spiro atoms. The van der Waals surface area contributed by atoms with Crippen molar-refractivity contribution in [1.82, 2.24) is 20.2 Å². The van der Waals surface area contributed by atoms with Crippen molar-refractivity contribution in [1.29, 1.82) is 0 Å². The molecule has 2 rings (SSSR count). The first-order valence-corrected chi connectivity index (χ1v) is 5.76. The molecule has 1 fully saturated rings. The lowest BCUT2D eigenvalue weighted by Crippen LogP contribution is -2.43. The summed E-state index contributed by atoms with van der Waals surface area (Å²) >= 11 is 0. The number of ether oxygens (including phenoxy) is 1. The summed E-state index contributed by atoms with van der Waals surface area (Å²) in [6.45, 7) is 7.88. The molecule has 0 saturated carbocycles. The number of piperazine rings is 1. The van der Waals surface area contributed by atoms with E-state index < -0.39 is 0 Å². The van der Waals surface area contributed by atoms with Crippen LogP contribution in [-0.2, 0) is 17.9 Å². The van der Waals surface area contributed by atoms with Crippen LogP contribution in [0.5, 0.6) is 0 Å². The SMILES string of the molecule is COCc1nc(CN2CCNCC2)[nH]c1C. The Hall–Kier alpha value is -0.910. The third-order valence-electron chi connectivity index (χ3n) is 2.90. The summed E-state index contributed by atoms with van der Waals surface area (Å²) in [5, 5.41) is 3.35. The molecule has 0 bridgehead atoms. The van der Waals surface area contributed by atoms with E-state index in [1.165, 1.54) is 0 Å². The topological polar surface area (TPSA) is 53.2 Å². The molecule has 2 heterocycles. The standard InChI is InChI=1S/C11H20N4O/c1-9-10(8-16-2)14-11(13-9)7-15-5-3-12-4-6-15/h12H,3-8H2,1-2H3,(H,13,14). The lowest BCUT2D eigenvalue weighted by Gasteiger charge is -2.26. The van der Waals surface area contributed by atoms with Crippen molar-refractivity contribution >= 4 is 0 Å². The van der Waals surface area contributed by atoms with Crippen LogP contribution in [0.3, 0.4) is 0 Å². The Kier molecular flexibility index (Phi) is 3.93. The first-order valence-electron chi connectivity index (χ1n) is 5.76. The molecule has 5 heteroatoms. The highest BCUT2D eigenvalue weighted by molar-refractivity contribution is 5.12. The smallest absolute Gasteiger partial charge is 0.120 e. The molecular weight excluding hydrogens is 204 g/mol. The minimum absolute atomic E-state index is 0.587. The van der Waals surface area contributed by atoms with Gasteiger partial charge in [-0.3, -0.25) is 4.90 Å². The molecule has 1 aromatic rings. The van der Waals surface area contributed by atoms with Gasteiger partial charge < -0.3 is 15.0 Å². The van der Waals surface area contributed by atoms with Gasteiger partial charge in [0, 0.05) is 39.0 Å². The Bertz CT molecular complexity index is 331. The summed E-state index contributed by atoms with van der Waals surface area (Å²) in [6, 6.07) is 0. The van der Waals surface area contributed by atoms with Crippen molar-refractivity contribution in [3.63, 3.8) is 0 Å². The molecule has 0 atom stereocenters. The summed E-state index contributed by atoms with van der Waals surface area (Å²) in [5.74, 6) is 1.05. The normalized spacial score (nSPS) is 17.9. The fourth-order valence-electron chi connectivity index (χ4n) is 2.00. The largest absolute Gasteiger partial charge is 0.378 e. The van der Waals surface area contributed by atoms with Gasteiger partial charge in [0.05, 0.1) is 18.8 Å². The zero-order valence-corrected chi connectivity index (χ0v) is 10.0. The van der Waals surface area contributed by atoms with Gasteiger partial charge >= 0.3 is 0 Å². The number of imidazole rings is 1. The Balaban J connectivity index is 1.95. The summed E-state index contributed by atoms with van der Waals surface area (Å²) in [5.41, 5.74) is 2.14. The van der Waals surface area contributed by atoms with E-state index in [-0.39, 0.29) is 0 Å². The van der Waals surface area contributed by atoms with Crippen molar-refractivity contribution in [3.8, 4) is 0 Å². The first kappa shape index (κ1) is 11.6. The van der Waals surface area contributed by atoms with Gasteiger partial charge in [-0.2, -0.15) is 0 Å². The number of hydrogen-bond donors (Lipinski definition) is 2. The molecule has 0 radical (unpaired) electrons. The summed E-state index contributed by atoms with van der Waals surface area (Å²) in [6.07, 6.45) is 0. The Labute approximate surface area is 96.2 Å². The van der Waals surface area contributed by atoms with Crippen LogP contribution in [-0.4, -0.2) is 48.2 Å². The molecule has 0 unspecified atom stereocenters. The molecule has 0 aliphatic carbocycles. The molecule has 16 heavy (non-hydrogen) atoms. The van der Waals surface area contributed by atoms with E-state index in [2.05, 4.69) is 20.2 Å². The predicted octanol–water partition coefficient (Wildman–Crippen LogP) is 0.270. The highest BCUT2D eigenvalue weighted by Crippen LogP contribution is 2.08. The minimum atomic E-state index is 0.587. The van der Waals surface area contributed by atoms with Gasteiger partial charge in [0.15, 0.2) is 0 Å². The number of methoxy groups -OCH3 is 1. The van der Waals surface area contributed by atoms with Crippen LogP contribution in [0, 0.1) is 6.92 Å². The Morgan fingerprint density at radius 1 is 1.38 bits per heavy atom. The lowest BCUT2D eigenvalue weighted by molar-refractivity contribution is 0.181. The van der Waals surface area contributed by atoms with Crippen LogP contribution >= 0.6 is 0 Å². The summed E-state index contributed by atoms with van der Waals surface area (Å²) < 4.78 is 5.11.